The molecule has 0 heterocycles. The van der Waals surface area contributed by atoms with Crippen molar-refractivity contribution in [3.05, 3.63) is 54.4 Å². The van der Waals surface area contributed by atoms with Gasteiger partial charge in [0.05, 0.1) is 5.56 Å². The quantitative estimate of drug-likeness (QED) is 0.416. The topological polar surface area (TPSA) is 35.5 Å². The van der Waals surface area contributed by atoms with Gasteiger partial charge in [0.2, 0.25) is 0 Å². The Bertz CT molecular complexity index is 571. The fourth-order valence-electron chi connectivity index (χ4n) is 3.31. The molecule has 0 aliphatic heterocycles. The molecule has 1 aromatic carbocycles. The third-order valence-corrected chi connectivity index (χ3v) is 9.29. The second kappa shape index (κ2) is 8.45. The normalized spacial score (nSPS) is 21.1. The van der Waals surface area contributed by atoms with Crippen LogP contribution < -0.4 is 5.19 Å². The van der Waals surface area contributed by atoms with Crippen LogP contribution in [0.1, 0.15) is 49.9 Å². The van der Waals surface area contributed by atoms with Gasteiger partial charge in [0.1, 0.15) is 14.2 Å². The molecular formula is C20H28O3Si. The Balaban J connectivity index is 2.00. The van der Waals surface area contributed by atoms with Crippen LogP contribution in [0.4, 0.5) is 0 Å². The number of hydrogen-bond donors (Lipinski definition) is 0. The first-order valence-corrected chi connectivity index (χ1v) is 11.2. The summed E-state index contributed by atoms with van der Waals surface area (Å²) in [6.07, 6.45) is 4.46. The Morgan fingerprint density at radius 3 is 2.38 bits per heavy atom. The summed E-state index contributed by atoms with van der Waals surface area (Å²) in [6.45, 7) is 12.2. The molecule has 1 saturated carbocycles. The fourth-order valence-corrected chi connectivity index (χ4v) is 5.72. The van der Waals surface area contributed by atoms with Crippen LogP contribution >= 0.6 is 0 Å². The van der Waals surface area contributed by atoms with Crippen LogP contribution in [-0.2, 0) is 9.78 Å². The lowest BCUT2D eigenvalue weighted by atomic mass is 9.88. The van der Waals surface area contributed by atoms with E-state index in [1.165, 1.54) is 11.6 Å². The molecule has 24 heavy (non-hydrogen) atoms. The molecule has 4 heteroatoms. The monoisotopic (exact) mass is 344 g/mol. The van der Waals surface area contributed by atoms with E-state index in [2.05, 4.69) is 27.0 Å². The predicted octanol–water partition coefficient (Wildman–Crippen LogP) is 4.48. The van der Waals surface area contributed by atoms with E-state index in [0.29, 0.717) is 11.5 Å². The van der Waals surface area contributed by atoms with Crippen molar-refractivity contribution in [2.45, 2.75) is 51.7 Å². The SMILES string of the molecule is C=C[Si](C=C)(CC)c1ccc(C(=O)OOC2CCCCC2C)cc1. The maximum atomic E-state index is 12.2. The number of benzene rings is 1. The van der Waals surface area contributed by atoms with Crippen molar-refractivity contribution in [1.82, 2.24) is 0 Å². The van der Waals surface area contributed by atoms with Crippen molar-refractivity contribution < 1.29 is 14.6 Å². The zero-order valence-corrected chi connectivity index (χ0v) is 15.8. The van der Waals surface area contributed by atoms with Crippen molar-refractivity contribution in [3.63, 3.8) is 0 Å². The molecule has 0 aromatic heterocycles. The van der Waals surface area contributed by atoms with Gasteiger partial charge in [-0.25, -0.2) is 4.79 Å². The highest BCUT2D eigenvalue weighted by atomic mass is 28.3. The van der Waals surface area contributed by atoms with Crippen LogP contribution in [0.15, 0.2) is 48.8 Å². The Kier molecular flexibility index (Phi) is 6.57. The van der Waals surface area contributed by atoms with Crippen molar-refractivity contribution in [2.24, 2.45) is 5.92 Å². The lowest BCUT2D eigenvalue weighted by molar-refractivity contribution is -0.289. The predicted molar refractivity (Wildman–Crippen MR) is 101 cm³/mol. The molecule has 2 unspecified atom stereocenters. The minimum atomic E-state index is -1.86. The number of rotatable bonds is 7. The van der Waals surface area contributed by atoms with Crippen molar-refractivity contribution >= 4 is 19.2 Å². The molecule has 1 fully saturated rings. The first-order valence-electron chi connectivity index (χ1n) is 8.81. The fraction of sp³-hybridized carbons (Fsp3) is 0.450. The Morgan fingerprint density at radius 1 is 1.21 bits per heavy atom. The van der Waals surface area contributed by atoms with Gasteiger partial charge in [0.15, 0.2) is 0 Å². The molecule has 0 saturated heterocycles. The lowest BCUT2D eigenvalue weighted by Gasteiger charge is -2.26. The van der Waals surface area contributed by atoms with Crippen LogP contribution in [0.3, 0.4) is 0 Å². The first-order chi connectivity index (χ1) is 11.6. The summed E-state index contributed by atoms with van der Waals surface area (Å²) in [7, 11) is -1.86. The molecule has 1 aliphatic carbocycles. The molecule has 0 N–H and O–H groups in total. The molecule has 130 valence electrons. The molecule has 0 bridgehead atoms. The summed E-state index contributed by atoms with van der Waals surface area (Å²) < 4.78 is 0. The van der Waals surface area contributed by atoms with Crippen LogP contribution in [0.5, 0.6) is 0 Å². The standard InChI is InChI=1S/C20H28O3Si/c1-5-24(6-2,7-3)18-14-12-17(13-15-18)20(21)23-22-19-11-9-8-10-16(19)4/h5-6,12-16,19H,1-2,7-11H2,3-4H3. The molecule has 2 atom stereocenters. The molecule has 1 aliphatic rings. The van der Waals surface area contributed by atoms with Crippen LogP contribution in [0.25, 0.3) is 0 Å². The van der Waals surface area contributed by atoms with Gasteiger partial charge in [0, 0.05) is 0 Å². The van der Waals surface area contributed by atoms with Crippen molar-refractivity contribution in [1.29, 1.82) is 0 Å². The van der Waals surface area contributed by atoms with Gasteiger partial charge in [0.25, 0.3) is 0 Å². The van der Waals surface area contributed by atoms with E-state index >= 15 is 0 Å². The number of carbonyl (C=O) groups excluding carboxylic acids is 1. The van der Waals surface area contributed by atoms with Gasteiger partial charge in [-0.05, 0) is 36.9 Å². The van der Waals surface area contributed by atoms with Crippen LogP contribution in [0.2, 0.25) is 6.04 Å². The van der Waals surface area contributed by atoms with E-state index < -0.39 is 14.0 Å². The van der Waals surface area contributed by atoms with E-state index in [-0.39, 0.29) is 6.10 Å². The summed E-state index contributed by atoms with van der Waals surface area (Å²) >= 11 is 0. The maximum absolute atomic E-state index is 12.2. The number of hydrogen-bond acceptors (Lipinski definition) is 3. The van der Waals surface area contributed by atoms with Gasteiger partial charge in [-0.1, -0.05) is 55.4 Å². The minimum absolute atomic E-state index is 0.0173. The highest BCUT2D eigenvalue weighted by Crippen LogP contribution is 2.26. The van der Waals surface area contributed by atoms with E-state index in [1.54, 1.807) is 12.1 Å². The highest BCUT2D eigenvalue weighted by molar-refractivity contribution is 6.99. The van der Waals surface area contributed by atoms with E-state index in [9.17, 15) is 4.79 Å². The highest BCUT2D eigenvalue weighted by Gasteiger charge is 2.27. The zero-order chi connectivity index (χ0) is 17.6. The first kappa shape index (κ1) is 18.7. The second-order valence-corrected chi connectivity index (χ2v) is 10.8. The molecule has 3 nitrogen and oxygen atoms in total. The van der Waals surface area contributed by atoms with Gasteiger partial charge in [-0.2, -0.15) is 4.89 Å². The molecule has 2 rings (SSSR count). The lowest BCUT2D eigenvalue weighted by Crippen LogP contribution is -2.43. The largest absolute Gasteiger partial charge is 0.373 e. The third-order valence-electron chi connectivity index (χ3n) is 5.25. The molecular weight excluding hydrogens is 316 g/mol. The van der Waals surface area contributed by atoms with Gasteiger partial charge < -0.3 is 0 Å². The van der Waals surface area contributed by atoms with Crippen molar-refractivity contribution in [3.8, 4) is 0 Å². The molecule has 0 amide bonds. The van der Waals surface area contributed by atoms with Gasteiger partial charge in [-0.3, -0.25) is 4.89 Å². The Morgan fingerprint density at radius 2 is 1.83 bits per heavy atom. The van der Waals surface area contributed by atoms with E-state index in [4.69, 9.17) is 9.78 Å². The molecule has 0 spiro atoms. The number of carbonyl (C=O) groups is 1. The smallest absolute Gasteiger partial charge is 0.293 e. The minimum Gasteiger partial charge on any atom is -0.293 e. The summed E-state index contributed by atoms with van der Waals surface area (Å²) in [5, 5.41) is 1.20. The summed E-state index contributed by atoms with van der Waals surface area (Å²) in [4.78, 5) is 22.7. The summed E-state index contributed by atoms with van der Waals surface area (Å²) in [6, 6.07) is 8.58. The van der Waals surface area contributed by atoms with Crippen LogP contribution in [-0.4, -0.2) is 20.1 Å². The maximum Gasteiger partial charge on any atom is 0.373 e. The van der Waals surface area contributed by atoms with Gasteiger partial charge in [-0.15, -0.1) is 13.2 Å². The summed E-state index contributed by atoms with van der Waals surface area (Å²) in [5.41, 5.74) is 4.57. The van der Waals surface area contributed by atoms with Crippen LogP contribution in [0, 0.1) is 5.92 Å². The Hall–Kier alpha value is -1.65. The average Bonchev–Trinajstić information content (AvgIpc) is 2.63. The van der Waals surface area contributed by atoms with Crippen molar-refractivity contribution in [2.75, 3.05) is 0 Å². The van der Waals surface area contributed by atoms with Gasteiger partial charge >= 0.3 is 5.97 Å². The third kappa shape index (κ3) is 4.05. The van der Waals surface area contributed by atoms with E-state index in [1.807, 2.05) is 23.5 Å². The summed E-state index contributed by atoms with van der Waals surface area (Å²) in [5.74, 6) is 0.00516. The molecule has 1 aromatic rings. The average molecular weight is 345 g/mol. The Labute approximate surface area is 146 Å². The van der Waals surface area contributed by atoms with E-state index in [0.717, 1.165) is 25.3 Å². The second-order valence-electron chi connectivity index (χ2n) is 6.65. The zero-order valence-electron chi connectivity index (χ0n) is 14.8. The molecule has 0 radical (unpaired) electrons.